The number of halogens is 3. The van der Waals surface area contributed by atoms with Gasteiger partial charge in [-0.3, -0.25) is 4.79 Å². The molecule has 0 saturated heterocycles. The Labute approximate surface area is 116 Å². The van der Waals surface area contributed by atoms with Crippen LogP contribution >= 0.6 is 0 Å². The van der Waals surface area contributed by atoms with Crippen LogP contribution in [-0.2, 0) is 28.5 Å². The van der Waals surface area contributed by atoms with Crippen molar-refractivity contribution in [3.63, 3.8) is 0 Å². The molecule has 0 N–H and O–H groups in total. The molecule has 0 bridgehead atoms. The Morgan fingerprint density at radius 2 is 1.65 bits per heavy atom. The maximum absolute atomic E-state index is 12.8. The first-order valence-electron chi connectivity index (χ1n) is 6.43. The highest BCUT2D eigenvalue weighted by molar-refractivity contribution is 5.73. The third-order valence-electron chi connectivity index (χ3n) is 2.56. The summed E-state index contributed by atoms with van der Waals surface area (Å²) >= 11 is 0. The van der Waals surface area contributed by atoms with E-state index in [1.807, 2.05) is 0 Å². The zero-order valence-electron chi connectivity index (χ0n) is 12.1. The van der Waals surface area contributed by atoms with E-state index >= 15 is 0 Å². The van der Waals surface area contributed by atoms with E-state index < -0.39 is 23.3 Å². The lowest BCUT2D eigenvalue weighted by Gasteiger charge is -2.19. The molecule has 20 heavy (non-hydrogen) atoms. The maximum atomic E-state index is 12.8. The number of esters is 1. The number of rotatable bonds is 3. The van der Waals surface area contributed by atoms with E-state index in [1.54, 1.807) is 33.8 Å². The fraction of sp³-hybridized carbons (Fsp3) is 0.533. The molecule has 0 aromatic heterocycles. The molecule has 2 nitrogen and oxygen atoms in total. The Bertz CT molecular complexity index is 485. The van der Waals surface area contributed by atoms with Crippen LogP contribution in [0.4, 0.5) is 13.2 Å². The van der Waals surface area contributed by atoms with Gasteiger partial charge in [-0.1, -0.05) is 13.0 Å². The van der Waals surface area contributed by atoms with E-state index in [4.69, 9.17) is 4.74 Å². The highest BCUT2D eigenvalue weighted by atomic mass is 19.4. The van der Waals surface area contributed by atoms with Crippen LogP contribution in [0.1, 0.15) is 44.4 Å². The summed E-state index contributed by atoms with van der Waals surface area (Å²) in [5.74, 6) is -0.529. The van der Waals surface area contributed by atoms with Crippen molar-refractivity contribution in [2.75, 3.05) is 0 Å². The zero-order valence-corrected chi connectivity index (χ0v) is 12.1. The quantitative estimate of drug-likeness (QED) is 0.781. The van der Waals surface area contributed by atoms with Crippen LogP contribution in [-0.4, -0.2) is 11.6 Å². The van der Waals surface area contributed by atoms with Crippen molar-refractivity contribution in [3.8, 4) is 0 Å². The van der Waals surface area contributed by atoms with E-state index in [1.165, 1.54) is 0 Å². The topological polar surface area (TPSA) is 26.3 Å². The van der Waals surface area contributed by atoms with E-state index in [0.717, 1.165) is 12.1 Å². The average molecular weight is 288 g/mol. The molecule has 0 unspecified atom stereocenters. The van der Waals surface area contributed by atoms with E-state index in [9.17, 15) is 18.0 Å². The predicted molar refractivity (Wildman–Crippen MR) is 70.4 cm³/mol. The minimum Gasteiger partial charge on any atom is -0.460 e. The standard InChI is InChI=1S/C15H19F3O2/c1-5-10-6-11(8-12(7-10)15(16,17)18)9-13(19)20-14(2,3)4/h6-8H,5,9H2,1-4H3. The van der Waals surface area contributed by atoms with Crippen LogP contribution in [0.15, 0.2) is 18.2 Å². The molecule has 0 fully saturated rings. The van der Waals surface area contributed by atoms with Gasteiger partial charge >= 0.3 is 12.1 Å². The molecular weight excluding hydrogens is 269 g/mol. The Kier molecular flexibility index (Phi) is 4.84. The number of benzene rings is 1. The van der Waals surface area contributed by atoms with Gasteiger partial charge in [0.05, 0.1) is 12.0 Å². The van der Waals surface area contributed by atoms with E-state index in [0.29, 0.717) is 17.5 Å². The minimum absolute atomic E-state index is 0.159. The average Bonchev–Trinajstić information content (AvgIpc) is 2.24. The molecule has 1 aromatic rings. The van der Waals surface area contributed by atoms with Crippen LogP contribution in [0.3, 0.4) is 0 Å². The van der Waals surface area contributed by atoms with Gasteiger partial charge in [-0.25, -0.2) is 0 Å². The van der Waals surface area contributed by atoms with Crippen molar-refractivity contribution in [3.05, 3.63) is 34.9 Å². The number of alkyl halides is 3. The molecule has 5 heteroatoms. The van der Waals surface area contributed by atoms with Gasteiger partial charge in [-0.15, -0.1) is 0 Å². The molecule has 0 radical (unpaired) electrons. The summed E-state index contributed by atoms with van der Waals surface area (Å²) in [7, 11) is 0. The number of carbonyl (C=O) groups is 1. The monoisotopic (exact) mass is 288 g/mol. The van der Waals surface area contributed by atoms with Crippen molar-refractivity contribution in [1.82, 2.24) is 0 Å². The molecule has 0 aliphatic rings. The van der Waals surface area contributed by atoms with Crippen LogP contribution < -0.4 is 0 Å². The minimum atomic E-state index is -4.41. The van der Waals surface area contributed by atoms with Gasteiger partial charge in [-0.2, -0.15) is 13.2 Å². The largest absolute Gasteiger partial charge is 0.460 e. The first kappa shape index (κ1) is 16.5. The summed E-state index contributed by atoms with van der Waals surface area (Å²) in [6.07, 6.45) is -4.09. The molecule has 0 aliphatic heterocycles. The molecular formula is C15H19F3O2. The van der Waals surface area contributed by atoms with Crippen molar-refractivity contribution < 1.29 is 22.7 Å². The summed E-state index contributed by atoms with van der Waals surface area (Å²) in [5, 5.41) is 0. The Balaban J connectivity index is 2.98. The Hall–Kier alpha value is -1.52. The predicted octanol–water partition coefficient (Wildman–Crippen LogP) is 4.15. The number of carbonyl (C=O) groups excluding carboxylic acids is 1. The lowest BCUT2D eigenvalue weighted by atomic mass is 10.0. The van der Waals surface area contributed by atoms with Crippen molar-refractivity contribution in [1.29, 1.82) is 0 Å². The van der Waals surface area contributed by atoms with Crippen molar-refractivity contribution in [2.24, 2.45) is 0 Å². The van der Waals surface area contributed by atoms with Gasteiger partial charge < -0.3 is 4.74 Å². The highest BCUT2D eigenvalue weighted by Crippen LogP contribution is 2.31. The lowest BCUT2D eigenvalue weighted by Crippen LogP contribution is -2.25. The van der Waals surface area contributed by atoms with Crippen molar-refractivity contribution in [2.45, 2.75) is 52.3 Å². The summed E-state index contributed by atoms with van der Waals surface area (Å²) in [6, 6.07) is 3.72. The second-order valence-electron chi connectivity index (χ2n) is 5.65. The van der Waals surface area contributed by atoms with E-state index in [-0.39, 0.29) is 6.42 Å². The fourth-order valence-corrected chi connectivity index (χ4v) is 1.78. The normalized spacial score (nSPS) is 12.3. The van der Waals surface area contributed by atoms with Gasteiger partial charge in [0.1, 0.15) is 5.60 Å². The van der Waals surface area contributed by atoms with Gasteiger partial charge in [-0.05, 0) is 50.5 Å². The lowest BCUT2D eigenvalue weighted by molar-refractivity contribution is -0.154. The second-order valence-corrected chi connectivity index (χ2v) is 5.65. The van der Waals surface area contributed by atoms with E-state index in [2.05, 4.69) is 0 Å². The Morgan fingerprint density at radius 1 is 1.10 bits per heavy atom. The van der Waals surface area contributed by atoms with Gasteiger partial charge in [0.25, 0.3) is 0 Å². The smallest absolute Gasteiger partial charge is 0.416 e. The van der Waals surface area contributed by atoms with Crippen LogP contribution in [0.25, 0.3) is 0 Å². The molecule has 1 aromatic carbocycles. The molecule has 0 amide bonds. The molecule has 0 saturated carbocycles. The van der Waals surface area contributed by atoms with Crippen LogP contribution in [0, 0.1) is 0 Å². The number of hydrogen-bond acceptors (Lipinski definition) is 2. The summed E-state index contributed by atoms with van der Waals surface area (Å²) < 4.78 is 43.5. The molecule has 0 aliphatic carbocycles. The zero-order chi connectivity index (χ0) is 15.6. The molecule has 0 heterocycles. The van der Waals surface area contributed by atoms with Crippen LogP contribution in [0.5, 0.6) is 0 Å². The highest BCUT2D eigenvalue weighted by Gasteiger charge is 2.31. The maximum Gasteiger partial charge on any atom is 0.416 e. The molecule has 0 atom stereocenters. The van der Waals surface area contributed by atoms with Gasteiger partial charge in [0, 0.05) is 0 Å². The summed E-state index contributed by atoms with van der Waals surface area (Å²) in [6.45, 7) is 6.92. The SMILES string of the molecule is CCc1cc(CC(=O)OC(C)(C)C)cc(C(F)(F)F)c1. The summed E-state index contributed by atoms with van der Waals surface area (Å²) in [5.41, 5.74) is -0.494. The fourth-order valence-electron chi connectivity index (χ4n) is 1.78. The third kappa shape index (κ3) is 5.23. The first-order chi connectivity index (χ1) is 9.01. The molecule has 1 rings (SSSR count). The third-order valence-corrected chi connectivity index (χ3v) is 2.56. The molecule has 0 spiro atoms. The van der Waals surface area contributed by atoms with Crippen LogP contribution in [0.2, 0.25) is 0 Å². The Morgan fingerprint density at radius 3 is 2.10 bits per heavy atom. The van der Waals surface area contributed by atoms with Gasteiger partial charge in [0.2, 0.25) is 0 Å². The number of ether oxygens (including phenoxy) is 1. The molecule has 112 valence electrons. The van der Waals surface area contributed by atoms with Gasteiger partial charge in [0.15, 0.2) is 0 Å². The van der Waals surface area contributed by atoms with Crippen molar-refractivity contribution >= 4 is 5.97 Å². The number of hydrogen-bond donors (Lipinski definition) is 0. The first-order valence-corrected chi connectivity index (χ1v) is 6.43. The summed E-state index contributed by atoms with van der Waals surface area (Å²) in [4.78, 5) is 11.7. The number of aryl methyl sites for hydroxylation is 1. The second kappa shape index (κ2) is 5.85.